The van der Waals surface area contributed by atoms with Crippen LogP contribution in [0.3, 0.4) is 0 Å². The van der Waals surface area contributed by atoms with Gasteiger partial charge in [-0.15, -0.1) is 0 Å². The van der Waals surface area contributed by atoms with E-state index in [1.165, 1.54) is 7.11 Å². The van der Waals surface area contributed by atoms with Crippen molar-refractivity contribution in [3.63, 3.8) is 0 Å². The number of aromatic nitrogens is 2. The van der Waals surface area contributed by atoms with E-state index in [9.17, 15) is 9.59 Å². The maximum atomic E-state index is 12.3. The van der Waals surface area contributed by atoms with Gasteiger partial charge >= 0.3 is 5.97 Å². The molecule has 0 aliphatic carbocycles. The molecule has 1 heterocycles. The highest BCUT2D eigenvalue weighted by atomic mass is 16.5. The minimum absolute atomic E-state index is 0.199. The number of esters is 1. The molecule has 0 saturated heterocycles. The molecule has 6 heteroatoms. The maximum Gasteiger partial charge on any atom is 0.331 e. The fourth-order valence-corrected chi connectivity index (χ4v) is 2.53. The summed E-state index contributed by atoms with van der Waals surface area (Å²) in [5, 5.41) is 7.10. The van der Waals surface area contributed by atoms with E-state index in [-0.39, 0.29) is 12.3 Å². The number of carbonyl (C=O) groups is 2. The van der Waals surface area contributed by atoms with Gasteiger partial charge in [0.15, 0.2) is 0 Å². The van der Waals surface area contributed by atoms with Gasteiger partial charge in [0.2, 0.25) is 5.91 Å². The number of nitrogens with zero attached hydrogens (tertiary/aromatic N) is 2. The monoisotopic (exact) mass is 295 g/mol. The maximum absolute atomic E-state index is 12.3. The Kier molecular flexibility index (Phi) is 5.52. The first kappa shape index (κ1) is 17.2. The number of amides is 1. The van der Waals surface area contributed by atoms with Crippen LogP contribution >= 0.6 is 0 Å². The largest absolute Gasteiger partial charge is 0.467 e. The summed E-state index contributed by atoms with van der Waals surface area (Å²) in [5.74, 6) is -0.618. The lowest BCUT2D eigenvalue weighted by molar-refractivity contribution is -0.150. The van der Waals surface area contributed by atoms with E-state index in [1.54, 1.807) is 11.6 Å². The van der Waals surface area contributed by atoms with E-state index in [1.807, 2.05) is 27.8 Å². The van der Waals surface area contributed by atoms with Crippen molar-refractivity contribution in [1.82, 2.24) is 15.1 Å². The Morgan fingerprint density at radius 1 is 1.38 bits per heavy atom. The van der Waals surface area contributed by atoms with Crippen LogP contribution in [-0.4, -0.2) is 34.3 Å². The number of aryl methyl sites for hydroxylation is 2. The summed E-state index contributed by atoms with van der Waals surface area (Å²) in [4.78, 5) is 24.2. The van der Waals surface area contributed by atoms with E-state index in [0.717, 1.165) is 23.4 Å². The van der Waals surface area contributed by atoms with Crippen LogP contribution in [0.15, 0.2) is 0 Å². The summed E-state index contributed by atoms with van der Waals surface area (Å²) in [6.45, 7) is 7.46. The standard InChI is InChI=1S/C15H25N3O3/c1-7-8-15(4,14(20)21-6)16-13(19)9-12-10(2)17-18(5)11(12)3/h7-9H2,1-6H3,(H,16,19). The molecule has 0 aliphatic heterocycles. The second-order valence-corrected chi connectivity index (χ2v) is 5.57. The topological polar surface area (TPSA) is 73.2 Å². The Bertz CT molecular complexity index is 537. The molecule has 1 amide bonds. The smallest absolute Gasteiger partial charge is 0.331 e. The number of hydrogen-bond acceptors (Lipinski definition) is 4. The Morgan fingerprint density at radius 2 is 2.00 bits per heavy atom. The number of hydrogen-bond donors (Lipinski definition) is 1. The number of methoxy groups -OCH3 is 1. The van der Waals surface area contributed by atoms with Gasteiger partial charge in [0, 0.05) is 18.3 Å². The van der Waals surface area contributed by atoms with Crippen LogP contribution < -0.4 is 5.32 Å². The molecule has 0 saturated carbocycles. The third-order valence-corrected chi connectivity index (χ3v) is 3.80. The quantitative estimate of drug-likeness (QED) is 0.806. The highest BCUT2D eigenvalue weighted by Crippen LogP contribution is 2.17. The molecule has 21 heavy (non-hydrogen) atoms. The summed E-state index contributed by atoms with van der Waals surface area (Å²) in [6, 6.07) is 0. The molecule has 118 valence electrons. The molecule has 0 fully saturated rings. The molecule has 0 bridgehead atoms. The molecular formula is C15H25N3O3. The number of nitrogens with one attached hydrogen (secondary N) is 1. The van der Waals surface area contributed by atoms with Crippen LogP contribution in [0.4, 0.5) is 0 Å². The van der Waals surface area contributed by atoms with Gasteiger partial charge in [0.25, 0.3) is 0 Å². The minimum atomic E-state index is -0.982. The summed E-state index contributed by atoms with van der Waals surface area (Å²) < 4.78 is 6.55. The van der Waals surface area contributed by atoms with Crippen molar-refractivity contribution in [2.24, 2.45) is 7.05 Å². The Labute approximate surface area is 125 Å². The lowest BCUT2D eigenvalue weighted by Gasteiger charge is -2.27. The molecule has 1 rings (SSSR count). The first-order valence-electron chi connectivity index (χ1n) is 7.13. The van der Waals surface area contributed by atoms with Crippen molar-refractivity contribution in [1.29, 1.82) is 0 Å². The van der Waals surface area contributed by atoms with Gasteiger partial charge in [-0.05, 0) is 27.2 Å². The van der Waals surface area contributed by atoms with Gasteiger partial charge in [0.1, 0.15) is 5.54 Å². The van der Waals surface area contributed by atoms with Crippen LogP contribution in [0.2, 0.25) is 0 Å². The Balaban J connectivity index is 2.86. The van der Waals surface area contributed by atoms with E-state index in [4.69, 9.17) is 4.74 Å². The summed E-state index contributed by atoms with van der Waals surface area (Å²) in [6.07, 6.45) is 1.52. The lowest BCUT2D eigenvalue weighted by Crippen LogP contribution is -2.53. The van der Waals surface area contributed by atoms with Crippen LogP contribution in [0.5, 0.6) is 0 Å². The molecule has 1 unspecified atom stereocenters. The zero-order valence-corrected chi connectivity index (χ0v) is 13.7. The first-order valence-corrected chi connectivity index (χ1v) is 7.13. The average Bonchev–Trinajstić information content (AvgIpc) is 2.64. The molecule has 1 aromatic rings. The lowest BCUT2D eigenvalue weighted by atomic mass is 9.95. The summed E-state index contributed by atoms with van der Waals surface area (Å²) in [5.41, 5.74) is 1.71. The molecule has 1 aromatic heterocycles. The Morgan fingerprint density at radius 3 is 2.43 bits per heavy atom. The number of ether oxygens (including phenoxy) is 1. The summed E-state index contributed by atoms with van der Waals surface area (Å²) >= 11 is 0. The van der Waals surface area contributed by atoms with Crippen molar-refractivity contribution >= 4 is 11.9 Å². The van der Waals surface area contributed by atoms with Gasteiger partial charge in [-0.25, -0.2) is 4.79 Å². The van der Waals surface area contributed by atoms with Crippen LogP contribution in [0.25, 0.3) is 0 Å². The average molecular weight is 295 g/mol. The zero-order chi connectivity index (χ0) is 16.2. The van der Waals surface area contributed by atoms with Gasteiger partial charge in [-0.2, -0.15) is 5.10 Å². The highest BCUT2D eigenvalue weighted by molar-refractivity contribution is 5.88. The third-order valence-electron chi connectivity index (χ3n) is 3.80. The normalized spacial score (nSPS) is 13.6. The van der Waals surface area contributed by atoms with Gasteiger partial charge in [-0.3, -0.25) is 9.48 Å². The van der Waals surface area contributed by atoms with Gasteiger partial charge in [-0.1, -0.05) is 13.3 Å². The van der Waals surface area contributed by atoms with E-state index >= 15 is 0 Å². The van der Waals surface area contributed by atoms with E-state index in [2.05, 4.69) is 10.4 Å². The molecule has 1 atom stereocenters. The minimum Gasteiger partial charge on any atom is -0.467 e. The first-order chi connectivity index (χ1) is 9.75. The SMILES string of the molecule is CCCC(C)(NC(=O)Cc1c(C)nn(C)c1C)C(=O)OC. The van der Waals surface area contributed by atoms with Crippen molar-refractivity contribution in [2.45, 2.75) is 52.5 Å². The molecule has 0 spiro atoms. The van der Waals surface area contributed by atoms with E-state index < -0.39 is 11.5 Å². The van der Waals surface area contributed by atoms with Crippen molar-refractivity contribution in [3.8, 4) is 0 Å². The second-order valence-electron chi connectivity index (χ2n) is 5.57. The molecular weight excluding hydrogens is 270 g/mol. The van der Waals surface area contributed by atoms with Gasteiger partial charge in [0.05, 0.1) is 19.2 Å². The third kappa shape index (κ3) is 3.83. The predicted molar refractivity (Wildman–Crippen MR) is 79.9 cm³/mol. The number of rotatable bonds is 6. The molecule has 0 aromatic carbocycles. The van der Waals surface area contributed by atoms with Crippen molar-refractivity contribution in [2.75, 3.05) is 7.11 Å². The molecule has 0 aliphatic rings. The van der Waals surface area contributed by atoms with Crippen molar-refractivity contribution < 1.29 is 14.3 Å². The van der Waals surface area contributed by atoms with Crippen molar-refractivity contribution in [3.05, 3.63) is 17.0 Å². The van der Waals surface area contributed by atoms with Crippen LogP contribution in [0.1, 0.15) is 43.6 Å². The fraction of sp³-hybridized carbons (Fsp3) is 0.667. The molecule has 6 nitrogen and oxygen atoms in total. The summed E-state index contributed by atoms with van der Waals surface area (Å²) in [7, 11) is 3.18. The highest BCUT2D eigenvalue weighted by Gasteiger charge is 2.35. The molecule has 0 radical (unpaired) electrons. The van der Waals surface area contributed by atoms with Crippen LogP contribution in [-0.2, 0) is 27.8 Å². The fourth-order valence-electron chi connectivity index (χ4n) is 2.53. The second kappa shape index (κ2) is 6.74. The number of carbonyl (C=O) groups excluding carboxylic acids is 2. The van der Waals surface area contributed by atoms with Crippen LogP contribution in [0, 0.1) is 13.8 Å². The Hall–Kier alpha value is -1.85. The van der Waals surface area contributed by atoms with E-state index in [0.29, 0.717) is 6.42 Å². The molecule has 1 N–H and O–H groups in total. The zero-order valence-electron chi connectivity index (χ0n) is 13.7. The van der Waals surface area contributed by atoms with Gasteiger partial charge < -0.3 is 10.1 Å². The predicted octanol–water partition coefficient (Wildman–Crippen LogP) is 1.43.